The van der Waals surface area contributed by atoms with Crippen LogP contribution in [0.15, 0.2) is 18.3 Å². The molecule has 3 nitrogen and oxygen atoms in total. The summed E-state index contributed by atoms with van der Waals surface area (Å²) in [6, 6.07) is 3.85. The van der Waals surface area contributed by atoms with E-state index in [1.54, 1.807) is 6.20 Å². The summed E-state index contributed by atoms with van der Waals surface area (Å²) < 4.78 is 0. The summed E-state index contributed by atoms with van der Waals surface area (Å²) in [6.07, 6.45) is 5.78. The van der Waals surface area contributed by atoms with Crippen molar-refractivity contribution in [3.8, 4) is 0 Å². The van der Waals surface area contributed by atoms with E-state index in [0.717, 1.165) is 29.8 Å². The maximum atomic E-state index is 5.53. The third-order valence-corrected chi connectivity index (χ3v) is 3.87. The molecule has 0 spiro atoms. The van der Waals surface area contributed by atoms with Gasteiger partial charge in [-0.3, -0.25) is 0 Å². The van der Waals surface area contributed by atoms with Crippen molar-refractivity contribution >= 4 is 23.0 Å². The second kappa shape index (κ2) is 5.45. The normalized spacial score (nSPS) is 23.6. The highest BCUT2D eigenvalue weighted by molar-refractivity contribution is 7.80. The first-order valence-electron chi connectivity index (χ1n) is 6.16. The standard InChI is InChI=1S/C13H19N3S/c1-9-3-2-4-10(9)7-15-12-6-5-11(8-16-12)13(14)17/h5-6,8-10H,2-4,7H2,1H3,(H2,14,17)(H,15,16). The average molecular weight is 249 g/mol. The van der Waals surface area contributed by atoms with Gasteiger partial charge >= 0.3 is 0 Å². The van der Waals surface area contributed by atoms with Crippen LogP contribution < -0.4 is 11.1 Å². The average Bonchev–Trinajstić information content (AvgIpc) is 2.73. The minimum absolute atomic E-state index is 0.397. The second-order valence-electron chi connectivity index (χ2n) is 4.85. The molecule has 4 heteroatoms. The van der Waals surface area contributed by atoms with Crippen molar-refractivity contribution in [2.45, 2.75) is 26.2 Å². The van der Waals surface area contributed by atoms with Crippen molar-refractivity contribution < 1.29 is 0 Å². The zero-order valence-corrected chi connectivity index (χ0v) is 11.0. The number of rotatable bonds is 4. The van der Waals surface area contributed by atoms with Gasteiger partial charge in [0.05, 0.1) is 0 Å². The Hall–Kier alpha value is -1.16. The first kappa shape index (κ1) is 12.3. The molecular weight excluding hydrogens is 230 g/mol. The van der Waals surface area contributed by atoms with Crippen LogP contribution in [0, 0.1) is 11.8 Å². The summed E-state index contributed by atoms with van der Waals surface area (Å²) in [5, 5.41) is 3.39. The molecule has 2 unspecified atom stereocenters. The van der Waals surface area contributed by atoms with Gasteiger partial charge in [0.15, 0.2) is 0 Å². The SMILES string of the molecule is CC1CCCC1CNc1ccc(C(N)=S)cn1. The van der Waals surface area contributed by atoms with Gasteiger partial charge in [0.2, 0.25) is 0 Å². The van der Waals surface area contributed by atoms with Gasteiger partial charge in [-0.25, -0.2) is 4.98 Å². The molecule has 0 aromatic carbocycles. The Balaban J connectivity index is 1.88. The van der Waals surface area contributed by atoms with E-state index in [2.05, 4.69) is 17.2 Å². The molecule has 1 heterocycles. The molecule has 17 heavy (non-hydrogen) atoms. The van der Waals surface area contributed by atoms with Crippen LogP contribution in [-0.2, 0) is 0 Å². The lowest BCUT2D eigenvalue weighted by atomic mass is 9.98. The molecule has 1 aliphatic carbocycles. The van der Waals surface area contributed by atoms with E-state index in [4.69, 9.17) is 18.0 Å². The Labute approximate surface area is 108 Å². The number of hydrogen-bond acceptors (Lipinski definition) is 3. The van der Waals surface area contributed by atoms with Crippen molar-refractivity contribution in [3.63, 3.8) is 0 Å². The van der Waals surface area contributed by atoms with Crippen LogP contribution in [0.2, 0.25) is 0 Å². The molecule has 1 saturated carbocycles. The third kappa shape index (κ3) is 3.16. The molecule has 2 atom stereocenters. The minimum atomic E-state index is 0.397. The van der Waals surface area contributed by atoms with Crippen LogP contribution in [0.5, 0.6) is 0 Å². The van der Waals surface area contributed by atoms with E-state index >= 15 is 0 Å². The highest BCUT2D eigenvalue weighted by Crippen LogP contribution is 2.30. The second-order valence-corrected chi connectivity index (χ2v) is 5.29. The highest BCUT2D eigenvalue weighted by Gasteiger charge is 2.22. The maximum Gasteiger partial charge on any atom is 0.125 e. The Morgan fingerprint density at radius 3 is 2.88 bits per heavy atom. The van der Waals surface area contributed by atoms with Crippen LogP contribution in [0.4, 0.5) is 5.82 Å². The van der Waals surface area contributed by atoms with Gasteiger partial charge in [-0.15, -0.1) is 0 Å². The molecule has 2 rings (SSSR count). The summed E-state index contributed by atoms with van der Waals surface area (Å²) >= 11 is 4.89. The minimum Gasteiger partial charge on any atom is -0.389 e. The lowest BCUT2D eigenvalue weighted by molar-refractivity contribution is 0.439. The summed E-state index contributed by atoms with van der Waals surface area (Å²) in [4.78, 5) is 4.70. The van der Waals surface area contributed by atoms with Gasteiger partial charge in [0, 0.05) is 18.3 Å². The predicted molar refractivity (Wildman–Crippen MR) is 75.1 cm³/mol. The topological polar surface area (TPSA) is 50.9 Å². The van der Waals surface area contributed by atoms with Crippen LogP contribution in [0.3, 0.4) is 0 Å². The van der Waals surface area contributed by atoms with Gasteiger partial charge in [0.25, 0.3) is 0 Å². The fourth-order valence-corrected chi connectivity index (χ4v) is 2.53. The number of nitrogens with one attached hydrogen (secondary N) is 1. The number of nitrogens with two attached hydrogens (primary N) is 1. The molecule has 0 saturated heterocycles. The van der Waals surface area contributed by atoms with Crippen LogP contribution in [0.1, 0.15) is 31.7 Å². The van der Waals surface area contributed by atoms with Gasteiger partial charge in [-0.05, 0) is 30.4 Å². The molecule has 1 fully saturated rings. The first-order valence-corrected chi connectivity index (χ1v) is 6.57. The molecule has 92 valence electrons. The highest BCUT2D eigenvalue weighted by atomic mass is 32.1. The van der Waals surface area contributed by atoms with E-state index in [0.29, 0.717) is 4.99 Å². The number of aromatic nitrogens is 1. The van der Waals surface area contributed by atoms with Gasteiger partial charge in [-0.1, -0.05) is 32.0 Å². The number of pyridine rings is 1. The van der Waals surface area contributed by atoms with Crippen LogP contribution in [0.25, 0.3) is 0 Å². The molecule has 0 radical (unpaired) electrons. The smallest absolute Gasteiger partial charge is 0.125 e. The fraction of sp³-hybridized carbons (Fsp3) is 0.538. The summed E-state index contributed by atoms with van der Waals surface area (Å²) in [5.41, 5.74) is 6.35. The predicted octanol–water partition coefficient (Wildman–Crippen LogP) is 2.56. The van der Waals surface area contributed by atoms with Gasteiger partial charge in [-0.2, -0.15) is 0 Å². The molecule has 1 aliphatic rings. The van der Waals surface area contributed by atoms with Crippen molar-refractivity contribution in [1.82, 2.24) is 4.98 Å². The van der Waals surface area contributed by atoms with E-state index in [1.807, 2.05) is 12.1 Å². The summed E-state index contributed by atoms with van der Waals surface area (Å²) in [7, 11) is 0. The van der Waals surface area contributed by atoms with Gasteiger partial charge in [0.1, 0.15) is 10.8 Å². The molecule has 1 aromatic rings. The largest absolute Gasteiger partial charge is 0.389 e. The Kier molecular flexibility index (Phi) is 3.94. The summed E-state index contributed by atoms with van der Waals surface area (Å²) in [6.45, 7) is 3.35. The van der Waals surface area contributed by atoms with Crippen molar-refractivity contribution in [2.24, 2.45) is 17.6 Å². The Bertz CT molecular complexity index is 388. The number of anilines is 1. The third-order valence-electron chi connectivity index (χ3n) is 3.63. The zero-order valence-electron chi connectivity index (χ0n) is 10.1. The van der Waals surface area contributed by atoms with E-state index in [9.17, 15) is 0 Å². The molecule has 0 bridgehead atoms. The number of nitrogens with zero attached hydrogens (tertiary/aromatic N) is 1. The van der Waals surface area contributed by atoms with Crippen molar-refractivity contribution in [2.75, 3.05) is 11.9 Å². The van der Waals surface area contributed by atoms with Gasteiger partial charge < -0.3 is 11.1 Å². The lowest BCUT2D eigenvalue weighted by Crippen LogP contribution is -2.17. The first-order chi connectivity index (χ1) is 8.16. The van der Waals surface area contributed by atoms with Crippen LogP contribution in [-0.4, -0.2) is 16.5 Å². The van der Waals surface area contributed by atoms with E-state index in [1.165, 1.54) is 19.3 Å². The monoisotopic (exact) mass is 249 g/mol. The number of thiocarbonyl (C=S) groups is 1. The van der Waals surface area contributed by atoms with Crippen molar-refractivity contribution in [1.29, 1.82) is 0 Å². The van der Waals surface area contributed by atoms with Crippen molar-refractivity contribution in [3.05, 3.63) is 23.9 Å². The quantitative estimate of drug-likeness (QED) is 0.805. The molecule has 3 N–H and O–H groups in total. The lowest BCUT2D eigenvalue weighted by Gasteiger charge is -2.16. The fourth-order valence-electron chi connectivity index (χ4n) is 2.41. The summed E-state index contributed by atoms with van der Waals surface area (Å²) in [5.74, 6) is 2.52. The Morgan fingerprint density at radius 2 is 2.35 bits per heavy atom. The molecule has 0 amide bonds. The maximum absolute atomic E-state index is 5.53. The van der Waals surface area contributed by atoms with E-state index < -0.39 is 0 Å². The van der Waals surface area contributed by atoms with E-state index in [-0.39, 0.29) is 0 Å². The molecule has 0 aliphatic heterocycles. The zero-order chi connectivity index (χ0) is 12.3. The Morgan fingerprint density at radius 1 is 1.53 bits per heavy atom. The molecular formula is C13H19N3S. The molecule has 1 aromatic heterocycles. The number of hydrogen-bond donors (Lipinski definition) is 2. The van der Waals surface area contributed by atoms with Crippen LogP contribution >= 0.6 is 12.2 Å².